The first-order valence-electron chi connectivity index (χ1n) is 6.72. The molecule has 1 aromatic heterocycles. The molecule has 1 heterocycles. The van der Waals surface area contributed by atoms with Crippen molar-refractivity contribution in [3.8, 4) is 5.75 Å². The van der Waals surface area contributed by atoms with Crippen molar-refractivity contribution in [2.24, 2.45) is 7.05 Å². The van der Waals surface area contributed by atoms with Gasteiger partial charge in [-0.3, -0.25) is 9.48 Å². The molecule has 0 saturated heterocycles. The first-order chi connectivity index (χ1) is 10.3. The summed E-state index contributed by atoms with van der Waals surface area (Å²) in [7, 11) is 1.80. The molecule has 0 bridgehead atoms. The summed E-state index contributed by atoms with van der Waals surface area (Å²) in [6, 6.07) is 3.95. The molecule has 0 aliphatic heterocycles. The molecule has 1 aromatic carbocycles. The molecule has 1 amide bonds. The third-order valence-electron chi connectivity index (χ3n) is 3.33. The van der Waals surface area contributed by atoms with Crippen molar-refractivity contribution in [3.05, 3.63) is 40.4 Å². The van der Waals surface area contributed by atoms with Crippen molar-refractivity contribution in [1.82, 2.24) is 9.78 Å². The number of carbonyl (C=O) groups excluding carboxylic acids is 1. The summed E-state index contributed by atoms with van der Waals surface area (Å²) < 4.78 is 20.3. The first kappa shape index (κ1) is 16.3. The van der Waals surface area contributed by atoms with Gasteiger partial charge in [-0.05, 0) is 32.9 Å². The number of hydrogen-bond acceptors (Lipinski definition) is 3. The molecule has 0 spiro atoms. The SMILES string of the molecule is Cc1nn(C)c(C)c1NC(=O)C(C)Oc1ccc(F)c(Cl)c1. The van der Waals surface area contributed by atoms with Crippen LogP contribution in [0.4, 0.5) is 10.1 Å². The lowest BCUT2D eigenvalue weighted by molar-refractivity contribution is -0.122. The Balaban J connectivity index is 2.07. The topological polar surface area (TPSA) is 56.2 Å². The van der Waals surface area contributed by atoms with Gasteiger partial charge in [-0.15, -0.1) is 0 Å². The third-order valence-corrected chi connectivity index (χ3v) is 3.62. The van der Waals surface area contributed by atoms with Gasteiger partial charge in [0.15, 0.2) is 6.10 Å². The van der Waals surface area contributed by atoms with Crippen LogP contribution in [-0.4, -0.2) is 21.8 Å². The lowest BCUT2D eigenvalue weighted by Gasteiger charge is -2.15. The predicted molar refractivity (Wildman–Crippen MR) is 82.8 cm³/mol. The quantitative estimate of drug-likeness (QED) is 0.939. The molecule has 1 N–H and O–H groups in total. The molecule has 1 unspecified atom stereocenters. The number of nitrogens with zero attached hydrogens (tertiary/aromatic N) is 2. The molecule has 1 atom stereocenters. The maximum absolute atomic E-state index is 13.1. The molecule has 5 nitrogen and oxygen atoms in total. The minimum Gasteiger partial charge on any atom is -0.481 e. The number of amides is 1. The molecular weight excluding hydrogens is 309 g/mol. The zero-order valence-electron chi connectivity index (χ0n) is 12.8. The average molecular weight is 326 g/mol. The van der Waals surface area contributed by atoms with E-state index in [0.29, 0.717) is 11.4 Å². The molecule has 0 saturated carbocycles. The van der Waals surface area contributed by atoms with Crippen molar-refractivity contribution in [2.45, 2.75) is 26.9 Å². The lowest BCUT2D eigenvalue weighted by Crippen LogP contribution is -2.30. The van der Waals surface area contributed by atoms with Crippen LogP contribution in [-0.2, 0) is 11.8 Å². The smallest absolute Gasteiger partial charge is 0.265 e. The van der Waals surface area contributed by atoms with Gasteiger partial charge in [0, 0.05) is 13.1 Å². The van der Waals surface area contributed by atoms with Crippen LogP contribution in [0.3, 0.4) is 0 Å². The summed E-state index contributed by atoms with van der Waals surface area (Å²) in [6.07, 6.45) is -0.763. The van der Waals surface area contributed by atoms with E-state index in [1.807, 2.05) is 13.8 Å². The summed E-state index contributed by atoms with van der Waals surface area (Å²) in [5.41, 5.74) is 2.24. The Morgan fingerprint density at radius 1 is 1.45 bits per heavy atom. The van der Waals surface area contributed by atoms with Crippen molar-refractivity contribution >= 4 is 23.2 Å². The Bertz CT molecular complexity index is 715. The molecule has 7 heteroatoms. The van der Waals surface area contributed by atoms with Gasteiger partial charge in [-0.1, -0.05) is 11.6 Å². The summed E-state index contributed by atoms with van der Waals surface area (Å²) in [6.45, 7) is 5.28. The fourth-order valence-electron chi connectivity index (χ4n) is 1.99. The molecule has 2 rings (SSSR count). The number of anilines is 1. The van der Waals surface area contributed by atoms with E-state index in [4.69, 9.17) is 16.3 Å². The number of nitrogens with one attached hydrogen (secondary N) is 1. The van der Waals surface area contributed by atoms with Gasteiger partial charge in [-0.2, -0.15) is 5.10 Å². The van der Waals surface area contributed by atoms with Gasteiger partial charge >= 0.3 is 0 Å². The second-order valence-corrected chi connectivity index (χ2v) is 5.40. The van der Waals surface area contributed by atoms with Gasteiger partial charge in [0.05, 0.1) is 22.1 Å². The summed E-state index contributed by atoms with van der Waals surface area (Å²) in [4.78, 5) is 12.2. The van der Waals surface area contributed by atoms with Crippen LogP contribution < -0.4 is 10.1 Å². The summed E-state index contributed by atoms with van der Waals surface area (Å²) in [5, 5.41) is 6.97. The summed E-state index contributed by atoms with van der Waals surface area (Å²) in [5.74, 6) is -0.527. The first-order valence-corrected chi connectivity index (χ1v) is 7.10. The van der Waals surface area contributed by atoms with Gasteiger partial charge in [0.2, 0.25) is 0 Å². The van der Waals surface area contributed by atoms with Crippen LogP contribution >= 0.6 is 11.6 Å². The zero-order valence-corrected chi connectivity index (χ0v) is 13.5. The number of aromatic nitrogens is 2. The highest BCUT2D eigenvalue weighted by atomic mass is 35.5. The van der Waals surface area contributed by atoms with Gasteiger partial charge < -0.3 is 10.1 Å². The second-order valence-electron chi connectivity index (χ2n) is 4.99. The fourth-order valence-corrected chi connectivity index (χ4v) is 2.16. The van der Waals surface area contributed by atoms with Crippen LogP contribution in [0.2, 0.25) is 5.02 Å². The van der Waals surface area contributed by atoms with Crippen LogP contribution in [0.5, 0.6) is 5.75 Å². The molecule has 0 fully saturated rings. The highest BCUT2D eigenvalue weighted by Gasteiger charge is 2.19. The van der Waals surface area contributed by atoms with Crippen molar-refractivity contribution in [1.29, 1.82) is 0 Å². The highest BCUT2D eigenvalue weighted by molar-refractivity contribution is 6.30. The number of hydrogen-bond donors (Lipinski definition) is 1. The Morgan fingerprint density at radius 2 is 2.14 bits per heavy atom. The minimum absolute atomic E-state index is 0.0518. The number of aryl methyl sites for hydroxylation is 2. The number of halogens is 2. The Kier molecular flexibility index (Phi) is 4.71. The number of carbonyl (C=O) groups is 1. The Labute approximate surface area is 133 Å². The number of benzene rings is 1. The predicted octanol–water partition coefficient (Wildman–Crippen LogP) is 3.24. The molecule has 0 aliphatic carbocycles. The van der Waals surface area contributed by atoms with Gasteiger partial charge in [0.25, 0.3) is 5.91 Å². The van der Waals surface area contributed by atoms with E-state index in [-0.39, 0.29) is 10.9 Å². The molecule has 118 valence electrons. The van der Waals surface area contributed by atoms with E-state index >= 15 is 0 Å². The van der Waals surface area contributed by atoms with E-state index in [0.717, 1.165) is 11.4 Å². The van der Waals surface area contributed by atoms with Crippen LogP contribution in [0, 0.1) is 19.7 Å². The van der Waals surface area contributed by atoms with E-state index in [2.05, 4.69) is 10.4 Å². The van der Waals surface area contributed by atoms with Crippen molar-refractivity contribution in [2.75, 3.05) is 5.32 Å². The average Bonchev–Trinajstić information content (AvgIpc) is 2.69. The molecule has 0 aliphatic rings. The fraction of sp³-hybridized carbons (Fsp3) is 0.333. The Morgan fingerprint density at radius 3 is 2.68 bits per heavy atom. The maximum Gasteiger partial charge on any atom is 0.265 e. The van der Waals surface area contributed by atoms with Gasteiger partial charge in [-0.25, -0.2) is 4.39 Å². The molecule has 0 radical (unpaired) electrons. The van der Waals surface area contributed by atoms with E-state index in [9.17, 15) is 9.18 Å². The van der Waals surface area contributed by atoms with Crippen LogP contribution in [0.1, 0.15) is 18.3 Å². The highest BCUT2D eigenvalue weighted by Crippen LogP contribution is 2.23. The number of rotatable bonds is 4. The van der Waals surface area contributed by atoms with Crippen molar-refractivity contribution < 1.29 is 13.9 Å². The number of ether oxygens (including phenoxy) is 1. The molecular formula is C15H17ClFN3O2. The largest absolute Gasteiger partial charge is 0.481 e. The maximum atomic E-state index is 13.1. The normalized spacial score (nSPS) is 12.1. The molecule has 22 heavy (non-hydrogen) atoms. The minimum atomic E-state index is -0.763. The van der Waals surface area contributed by atoms with E-state index < -0.39 is 11.9 Å². The van der Waals surface area contributed by atoms with E-state index in [1.54, 1.807) is 18.7 Å². The standard InChI is InChI=1S/C15H17ClFN3O2/c1-8-14(9(2)20(4)19-8)18-15(21)10(3)22-11-5-6-13(17)12(16)7-11/h5-7,10H,1-4H3,(H,18,21). The van der Waals surface area contributed by atoms with E-state index in [1.165, 1.54) is 18.2 Å². The third kappa shape index (κ3) is 3.39. The zero-order chi connectivity index (χ0) is 16.4. The Hall–Kier alpha value is -2.08. The van der Waals surface area contributed by atoms with Gasteiger partial charge in [0.1, 0.15) is 11.6 Å². The van der Waals surface area contributed by atoms with Crippen LogP contribution in [0.15, 0.2) is 18.2 Å². The second kappa shape index (κ2) is 6.36. The van der Waals surface area contributed by atoms with Crippen molar-refractivity contribution in [3.63, 3.8) is 0 Å². The monoisotopic (exact) mass is 325 g/mol. The summed E-state index contributed by atoms with van der Waals surface area (Å²) >= 11 is 5.68. The molecule has 2 aromatic rings. The lowest BCUT2D eigenvalue weighted by atomic mass is 10.2. The van der Waals surface area contributed by atoms with Crippen LogP contribution in [0.25, 0.3) is 0 Å².